The molecule has 2 heterocycles. The molecule has 1 aliphatic heterocycles. The third kappa shape index (κ3) is 3.66. The number of rotatable bonds is 5. The van der Waals surface area contributed by atoms with Crippen molar-refractivity contribution >= 4 is 23.5 Å². The van der Waals surface area contributed by atoms with E-state index in [1.807, 2.05) is 25.1 Å². The highest BCUT2D eigenvalue weighted by Crippen LogP contribution is 2.34. The molecule has 0 unspecified atom stereocenters. The highest BCUT2D eigenvalue weighted by Gasteiger charge is 2.16. The van der Waals surface area contributed by atoms with Crippen LogP contribution in [-0.2, 0) is 0 Å². The van der Waals surface area contributed by atoms with E-state index in [2.05, 4.69) is 40.0 Å². The summed E-state index contributed by atoms with van der Waals surface area (Å²) >= 11 is 5.11. The Morgan fingerprint density at radius 1 is 1.32 bits per heavy atom. The molecule has 1 aromatic heterocycles. The average molecular weight is 356 g/mol. The second-order valence-corrected chi connectivity index (χ2v) is 5.98. The minimum Gasteiger partial charge on any atom is -0.454 e. The number of aryl methyl sites for hydroxylation is 1. The first-order chi connectivity index (χ1) is 12.1. The Labute approximate surface area is 152 Å². The van der Waals surface area contributed by atoms with Gasteiger partial charge < -0.3 is 19.4 Å². The van der Waals surface area contributed by atoms with Crippen molar-refractivity contribution in [3.8, 4) is 17.2 Å². The van der Waals surface area contributed by atoms with Crippen molar-refractivity contribution in [3.05, 3.63) is 53.9 Å². The van der Waals surface area contributed by atoms with Crippen LogP contribution in [0.3, 0.4) is 0 Å². The van der Waals surface area contributed by atoms with Crippen LogP contribution >= 0.6 is 12.2 Å². The zero-order chi connectivity index (χ0) is 17.8. The van der Waals surface area contributed by atoms with Crippen molar-refractivity contribution in [1.82, 2.24) is 15.3 Å². The monoisotopic (exact) mass is 356 g/mol. The Morgan fingerprint density at radius 3 is 2.92 bits per heavy atom. The number of fused-ring (bicyclic) bond motifs is 1. The molecule has 0 bridgehead atoms. The number of thiocarbonyl (C=S) groups is 1. The van der Waals surface area contributed by atoms with Crippen LogP contribution in [-0.4, -0.2) is 29.2 Å². The van der Waals surface area contributed by atoms with E-state index in [9.17, 15) is 0 Å². The van der Waals surface area contributed by atoms with Crippen LogP contribution < -0.4 is 20.2 Å². The quantitative estimate of drug-likeness (QED) is 0.373. The van der Waals surface area contributed by atoms with Crippen LogP contribution in [0.1, 0.15) is 17.0 Å². The van der Waals surface area contributed by atoms with Gasteiger partial charge in [0.25, 0.3) is 0 Å². The van der Waals surface area contributed by atoms with Crippen molar-refractivity contribution in [2.24, 2.45) is 5.10 Å². The summed E-state index contributed by atoms with van der Waals surface area (Å²) in [5, 5.41) is 7.61. The SMILES string of the molecule is C=CCNC(=S)N/N=C\c1cc(C)n(-c2ccc3c(c2)OCO3)c1C. The Morgan fingerprint density at radius 2 is 2.12 bits per heavy atom. The maximum absolute atomic E-state index is 5.47. The molecule has 0 atom stereocenters. The minimum atomic E-state index is 0.270. The van der Waals surface area contributed by atoms with Gasteiger partial charge in [0.15, 0.2) is 16.6 Å². The molecule has 0 saturated heterocycles. The van der Waals surface area contributed by atoms with E-state index in [4.69, 9.17) is 21.7 Å². The number of benzene rings is 1. The number of ether oxygens (including phenoxy) is 2. The third-order valence-corrected chi connectivity index (χ3v) is 4.10. The van der Waals surface area contributed by atoms with E-state index in [1.165, 1.54) is 0 Å². The zero-order valence-corrected chi connectivity index (χ0v) is 15.0. The summed E-state index contributed by atoms with van der Waals surface area (Å²) in [5.74, 6) is 1.54. The Hall–Kier alpha value is -2.80. The molecule has 3 rings (SSSR count). The molecule has 2 N–H and O–H groups in total. The second-order valence-electron chi connectivity index (χ2n) is 5.57. The van der Waals surface area contributed by atoms with Crippen LogP contribution in [0.4, 0.5) is 0 Å². The standard InChI is InChI=1S/C18H20N4O2S/c1-4-7-19-18(25)21-20-10-14-8-12(2)22(13(14)3)15-5-6-16-17(9-15)24-11-23-16/h4-6,8-10H,1,7,11H2,2-3H3,(H2,19,21,25)/b20-10-. The van der Waals surface area contributed by atoms with Gasteiger partial charge in [0.2, 0.25) is 6.79 Å². The molecule has 2 aromatic rings. The van der Waals surface area contributed by atoms with Crippen molar-refractivity contribution in [1.29, 1.82) is 0 Å². The molecule has 0 spiro atoms. The fourth-order valence-corrected chi connectivity index (χ4v) is 2.84. The van der Waals surface area contributed by atoms with Gasteiger partial charge in [0, 0.05) is 35.2 Å². The molecule has 0 aliphatic carbocycles. The molecule has 7 heteroatoms. The highest BCUT2D eigenvalue weighted by molar-refractivity contribution is 7.80. The number of nitrogens with zero attached hydrogens (tertiary/aromatic N) is 2. The van der Waals surface area contributed by atoms with Crippen molar-refractivity contribution < 1.29 is 9.47 Å². The summed E-state index contributed by atoms with van der Waals surface area (Å²) in [5.41, 5.74) is 7.00. The lowest BCUT2D eigenvalue weighted by molar-refractivity contribution is 0.174. The van der Waals surface area contributed by atoms with Gasteiger partial charge in [-0.25, -0.2) is 0 Å². The first-order valence-corrected chi connectivity index (χ1v) is 8.27. The van der Waals surface area contributed by atoms with E-state index >= 15 is 0 Å². The summed E-state index contributed by atoms with van der Waals surface area (Å²) in [4.78, 5) is 0. The predicted molar refractivity (Wildman–Crippen MR) is 103 cm³/mol. The topological polar surface area (TPSA) is 59.8 Å². The summed E-state index contributed by atoms with van der Waals surface area (Å²) in [6.45, 7) is 8.60. The molecule has 25 heavy (non-hydrogen) atoms. The highest BCUT2D eigenvalue weighted by atomic mass is 32.1. The Kier molecular flexibility index (Phi) is 5.04. The van der Waals surface area contributed by atoms with Crippen molar-refractivity contribution in [2.75, 3.05) is 13.3 Å². The molecule has 0 saturated carbocycles. The van der Waals surface area contributed by atoms with Crippen molar-refractivity contribution in [3.63, 3.8) is 0 Å². The minimum absolute atomic E-state index is 0.270. The van der Waals surface area contributed by atoms with Gasteiger partial charge in [-0.15, -0.1) is 6.58 Å². The lowest BCUT2D eigenvalue weighted by Gasteiger charge is -2.10. The van der Waals surface area contributed by atoms with Gasteiger partial charge in [-0.3, -0.25) is 5.43 Å². The molecular weight excluding hydrogens is 336 g/mol. The smallest absolute Gasteiger partial charge is 0.231 e. The maximum Gasteiger partial charge on any atom is 0.231 e. The van der Waals surface area contributed by atoms with E-state index in [0.29, 0.717) is 11.7 Å². The molecule has 0 radical (unpaired) electrons. The molecule has 0 fully saturated rings. The normalized spacial score (nSPS) is 12.4. The van der Waals surface area contributed by atoms with Gasteiger partial charge in [0.1, 0.15) is 0 Å². The second kappa shape index (κ2) is 7.40. The number of nitrogens with one attached hydrogen (secondary N) is 2. The fourth-order valence-electron chi connectivity index (χ4n) is 2.70. The maximum atomic E-state index is 5.47. The van der Waals surface area contributed by atoms with E-state index in [1.54, 1.807) is 12.3 Å². The van der Waals surface area contributed by atoms with E-state index in [-0.39, 0.29) is 6.79 Å². The third-order valence-electron chi connectivity index (χ3n) is 3.86. The molecule has 0 amide bonds. The van der Waals surface area contributed by atoms with Gasteiger partial charge in [0.05, 0.1) is 6.21 Å². The van der Waals surface area contributed by atoms with Gasteiger partial charge in [-0.05, 0) is 44.3 Å². The van der Waals surface area contributed by atoms with E-state index in [0.717, 1.165) is 34.1 Å². The molecule has 1 aliphatic rings. The predicted octanol–water partition coefficient (Wildman–Crippen LogP) is 2.81. The first kappa shape index (κ1) is 17.0. The average Bonchev–Trinajstić information content (AvgIpc) is 3.17. The molecular formula is C18H20N4O2S. The number of aromatic nitrogens is 1. The number of hydrazone groups is 1. The largest absolute Gasteiger partial charge is 0.454 e. The van der Waals surface area contributed by atoms with E-state index < -0.39 is 0 Å². The number of hydrogen-bond donors (Lipinski definition) is 2. The van der Waals surface area contributed by atoms with Gasteiger partial charge in [-0.2, -0.15) is 5.10 Å². The molecule has 6 nitrogen and oxygen atoms in total. The number of hydrogen-bond acceptors (Lipinski definition) is 4. The summed E-state index contributed by atoms with van der Waals surface area (Å²) < 4.78 is 13.0. The summed E-state index contributed by atoms with van der Waals surface area (Å²) in [6, 6.07) is 8.00. The Balaban J connectivity index is 1.79. The first-order valence-electron chi connectivity index (χ1n) is 7.87. The lowest BCUT2D eigenvalue weighted by atomic mass is 10.2. The van der Waals surface area contributed by atoms with Gasteiger partial charge >= 0.3 is 0 Å². The fraction of sp³-hybridized carbons (Fsp3) is 0.222. The van der Waals surface area contributed by atoms with Crippen LogP contribution in [0, 0.1) is 13.8 Å². The van der Waals surface area contributed by atoms with Crippen LogP contribution in [0.2, 0.25) is 0 Å². The van der Waals surface area contributed by atoms with Gasteiger partial charge in [-0.1, -0.05) is 6.08 Å². The lowest BCUT2D eigenvalue weighted by Crippen LogP contribution is -2.31. The molecule has 130 valence electrons. The summed E-state index contributed by atoms with van der Waals surface area (Å²) in [6.07, 6.45) is 3.49. The molecule has 1 aromatic carbocycles. The van der Waals surface area contributed by atoms with Crippen LogP contribution in [0.15, 0.2) is 42.0 Å². The van der Waals surface area contributed by atoms with Crippen molar-refractivity contribution in [2.45, 2.75) is 13.8 Å². The Bertz CT molecular complexity index is 842. The summed E-state index contributed by atoms with van der Waals surface area (Å²) in [7, 11) is 0. The van der Waals surface area contributed by atoms with Crippen LogP contribution in [0.5, 0.6) is 11.5 Å². The zero-order valence-electron chi connectivity index (χ0n) is 14.2. The van der Waals surface area contributed by atoms with Crippen LogP contribution in [0.25, 0.3) is 5.69 Å².